The maximum atomic E-state index is 13.0. The molecule has 0 spiro atoms. The topological polar surface area (TPSA) is 55.6 Å². The van der Waals surface area contributed by atoms with Gasteiger partial charge in [-0.2, -0.15) is 0 Å². The molecule has 1 amide bonds. The summed E-state index contributed by atoms with van der Waals surface area (Å²) in [5.41, 5.74) is 6.28. The lowest BCUT2D eigenvalue weighted by atomic mass is 10.0. The molecule has 2 aromatic carbocycles. The van der Waals surface area contributed by atoms with Gasteiger partial charge in [-0.15, -0.1) is 0 Å². The lowest BCUT2D eigenvalue weighted by Gasteiger charge is -2.30. The monoisotopic (exact) mass is 348 g/mol. The number of nitrogens with zero attached hydrogens (tertiary/aromatic N) is 1. The highest BCUT2D eigenvalue weighted by atomic mass is 35.5. The molecule has 1 aliphatic heterocycles. The minimum absolute atomic E-state index is 0.137. The number of halogens is 2. The van der Waals surface area contributed by atoms with E-state index in [0.29, 0.717) is 35.2 Å². The van der Waals surface area contributed by atoms with Gasteiger partial charge in [-0.25, -0.2) is 4.39 Å². The van der Waals surface area contributed by atoms with Crippen molar-refractivity contribution in [1.29, 1.82) is 0 Å². The molecular weight excluding hydrogens is 331 g/mol. The highest BCUT2D eigenvalue weighted by Gasteiger charge is 2.24. The van der Waals surface area contributed by atoms with Crippen molar-refractivity contribution >= 4 is 17.5 Å². The van der Waals surface area contributed by atoms with E-state index in [1.54, 1.807) is 23.1 Å². The summed E-state index contributed by atoms with van der Waals surface area (Å²) in [6, 6.07) is 10.7. The van der Waals surface area contributed by atoms with Crippen LogP contribution in [0.4, 0.5) is 4.39 Å². The molecule has 1 aliphatic rings. The van der Waals surface area contributed by atoms with Gasteiger partial charge in [0.1, 0.15) is 17.3 Å². The van der Waals surface area contributed by atoms with E-state index in [9.17, 15) is 9.18 Å². The Morgan fingerprint density at radius 2 is 1.83 bits per heavy atom. The second-order valence-electron chi connectivity index (χ2n) is 5.83. The molecule has 1 fully saturated rings. The fourth-order valence-corrected chi connectivity index (χ4v) is 2.83. The van der Waals surface area contributed by atoms with E-state index < -0.39 is 0 Å². The standard InChI is InChI=1S/C18H18ClFN2O2/c19-12-1-6-17(24-15-4-2-13(20)3-5-15)16(11-12)18(23)22-9-7-14(21)8-10-22/h1-6,11,14H,7-10,21H2. The quantitative estimate of drug-likeness (QED) is 0.917. The van der Waals surface area contributed by atoms with Crippen LogP contribution in [0.15, 0.2) is 42.5 Å². The van der Waals surface area contributed by atoms with Crippen molar-refractivity contribution in [2.24, 2.45) is 5.73 Å². The Morgan fingerprint density at radius 3 is 2.50 bits per heavy atom. The molecule has 0 radical (unpaired) electrons. The SMILES string of the molecule is NC1CCN(C(=O)c2cc(Cl)ccc2Oc2ccc(F)cc2)CC1. The van der Waals surface area contributed by atoms with E-state index in [2.05, 4.69) is 0 Å². The van der Waals surface area contributed by atoms with Crippen LogP contribution in [0.5, 0.6) is 11.5 Å². The molecule has 3 rings (SSSR count). The van der Waals surface area contributed by atoms with Crippen molar-refractivity contribution in [3.63, 3.8) is 0 Å². The Bertz CT molecular complexity index is 728. The molecule has 1 saturated heterocycles. The number of ether oxygens (including phenoxy) is 1. The average molecular weight is 349 g/mol. The van der Waals surface area contributed by atoms with E-state index in [1.165, 1.54) is 24.3 Å². The lowest BCUT2D eigenvalue weighted by Crippen LogP contribution is -2.42. The number of amides is 1. The van der Waals surface area contributed by atoms with Crippen LogP contribution in [0.1, 0.15) is 23.2 Å². The van der Waals surface area contributed by atoms with Gasteiger partial charge >= 0.3 is 0 Å². The van der Waals surface area contributed by atoms with Crippen molar-refractivity contribution in [2.45, 2.75) is 18.9 Å². The first kappa shape index (κ1) is 16.7. The van der Waals surface area contributed by atoms with Gasteiger partial charge in [0.05, 0.1) is 5.56 Å². The summed E-state index contributed by atoms with van der Waals surface area (Å²) in [5.74, 6) is 0.361. The number of carbonyl (C=O) groups is 1. The van der Waals surface area contributed by atoms with Gasteiger partial charge in [-0.05, 0) is 55.3 Å². The van der Waals surface area contributed by atoms with Crippen LogP contribution in [0.2, 0.25) is 5.02 Å². The molecule has 0 aliphatic carbocycles. The van der Waals surface area contributed by atoms with Crippen LogP contribution >= 0.6 is 11.6 Å². The molecule has 0 saturated carbocycles. The number of rotatable bonds is 3. The first-order chi connectivity index (χ1) is 11.5. The second kappa shape index (κ2) is 7.20. The third-order valence-corrected chi connectivity index (χ3v) is 4.28. The van der Waals surface area contributed by atoms with Crippen molar-refractivity contribution in [1.82, 2.24) is 4.90 Å². The summed E-state index contributed by atoms with van der Waals surface area (Å²) in [7, 11) is 0. The maximum absolute atomic E-state index is 13.0. The molecule has 0 aromatic heterocycles. The van der Waals surface area contributed by atoms with Crippen LogP contribution in [-0.2, 0) is 0 Å². The van der Waals surface area contributed by atoms with Gasteiger partial charge in [0.2, 0.25) is 0 Å². The van der Waals surface area contributed by atoms with E-state index >= 15 is 0 Å². The predicted molar refractivity (Wildman–Crippen MR) is 91.0 cm³/mol. The number of benzene rings is 2. The second-order valence-corrected chi connectivity index (χ2v) is 6.26. The molecule has 0 bridgehead atoms. The predicted octanol–water partition coefficient (Wildman–Crippen LogP) is 3.83. The number of likely N-dealkylation sites (tertiary alicyclic amines) is 1. The van der Waals surface area contributed by atoms with E-state index in [-0.39, 0.29) is 17.8 Å². The number of nitrogens with two attached hydrogens (primary N) is 1. The largest absolute Gasteiger partial charge is 0.457 e. The van der Waals surface area contributed by atoms with Gasteiger partial charge < -0.3 is 15.4 Å². The van der Waals surface area contributed by atoms with Crippen LogP contribution < -0.4 is 10.5 Å². The number of carbonyl (C=O) groups excluding carboxylic acids is 1. The molecule has 2 aromatic rings. The van der Waals surface area contributed by atoms with Crippen LogP contribution in [0.3, 0.4) is 0 Å². The third kappa shape index (κ3) is 3.86. The van der Waals surface area contributed by atoms with Crippen molar-refractivity contribution in [3.8, 4) is 11.5 Å². The van der Waals surface area contributed by atoms with E-state index in [1.807, 2.05) is 0 Å². The van der Waals surface area contributed by atoms with Crippen LogP contribution in [-0.4, -0.2) is 29.9 Å². The Labute approximate surface area is 145 Å². The Balaban J connectivity index is 1.85. The number of piperidine rings is 1. The molecule has 4 nitrogen and oxygen atoms in total. The molecule has 2 N–H and O–H groups in total. The normalized spacial score (nSPS) is 15.4. The third-order valence-electron chi connectivity index (χ3n) is 4.04. The first-order valence-corrected chi connectivity index (χ1v) is 8.18. The smallest absolute Gasteiger partial charge is 0.257 e. The van der Waals surface area contributed by atoms with Crippen molar-refractivity contribution in [2.75, 3.05) is 13.1 Å². The minimum Gasteiger partial charge on any atom is -0.457 e. The Hall–Kier alpha value is -2.11. The lowest BCUT2D eigenvalue weighted by molar-refractivity contribution is 0.0712. The summed E-state index contributed by atoms with van der Waals surface area (Å²) in [4.78, 5) is 14.6. The van der Waals surface area contributed by atoms with E-state index in [4.69, 9.17) is 22.1 Å². The summed E-state index contributed by atoms with van der Waals surface area (Å²) < 4.78 is 18.8. The van der Waals surface area contributed by atoms with Gasteiger partial charge in [0.25, 0.3) is 5.91 Å². The fourth-order valence-electron chi connectivity index (χ4n) is 2.66. The first-order valence-electron chi connectivity index (χ1n) is 7.81. The van der Waals surface area contributed by atoms with Crippen molar-refractivity contribution < 1.29 is 13.9 Å². The number of hydrogen-bond acceptors (Lipinski definition) is 3. The molecule has 1 heterocycles. The molecule has 126 valence electrons. The average Bonchev–Trinajstić information content (AvgIpc) is 2.58. The molecular formula is C18H18ClFN2O2. The molecule has 0 unspecified atom stereocenters. The van der Waals surface area contributed by atoms with Gasteiger partial charge in [0.15, 0.2) is 0 Å². The molecule has 6 heteroatoms. The highest BCUT2D eigenvalue weighted by Crippen LogP contribution is 2.29. The van der Waals surface area contributed by atoms with E-state index in [0.717, 1.165) is 12.8 Å². The van der Waals surface area contributed by atoms with Crippen LogP contribution in [0, 0.1) is 5.82 Å². The molecule has 0 atom stereocenters. The molecule has 24 heavy (non-hydrogen) atoms. The Morgan fingerprint density at radius 1 is 1.17 bits per heavy atom. The van der Waals surface area contributed by atoms with Crippen LogP contribution in [0.25, 0.3) is 0 Å². The summed E-state index contributed by atoms with van der Waals surface area (Å²) >= 11 is 6.05. The summed E-state index contributed by atoms with van der Waals surface area (Å²) in [6.45, 7) is 1.23. The fraction of sp³-hybridized carbons (Fsp3) is 0.278. The van der Waals surface area contributed by atoms with Gasteiger partial charge in [0, 0.05) is 24.2 Å². The minimum atomic E-state index is -0.348. The van der Waals surface area contributed by atoms with Gasteiger partial charge in [-0.1, -0.05) is 11.6 Å². The zero-order valence-electron chi connectivity index (χ0n) is 13.0. The highest BCUT2D eigenvalue weighted by molar-refractivity contribution is 6.31. The zero-order valence-corrected chi connectivity index (χ0v) is 13.8. The van der Waals surface area contributed by atoms with Gasteiger partial charge in [-0.3, -0.25) is 4.79 Å². The maximum Gasteiger partial charge on any atom is 0.257 e. The zero-order chi connectivity index (χ0) is 17.1. The van der Waals surface area contributed by atoms with Crippen molar-refractivity contribution in [3.05, 3.63) is 58.9 Å². The number of hydrogen-bond donors (Lipinski definition) is 1. The summed E-state index contributed by atoms with van der Waals surface area (Å²) in [5, 5.41) is 0.457. The Kier molecular flexibility index (Phi) is 5.02. The summed E-state index contributed by atoms with van der Waals surface area (Å²) in [6.07, 6.45) is 1.56.